The molecular formula is C25H30O4. The monoisotopic (exact) mass is 394 g/mol. The highest BCUT2D eigenvalue weighted by atomic mass is 16.3. The van der Waals surface area contributed by atoms with E-state index in [9.17, 15) is 20.1 Å². The van der Waals surface area contributed by atoms with E-state index in [2.05, 4.69) is 0 Å². The molecule has 0 saturated heterocycles. The van der Waals surface area contributed by atoms with Gasteiger partial charge in [0.25, 0.3) is 0 Å². The minimum absolute atomic E-state index is 0.0487. The Morgan fingerprint density at radius 1 is 0.862 bits per heavy atom. The number of phenolic OH excluding ortho intramolecular Hbond substituents is 3. The second-order valence-electron chi connectivity index (χ2n) is 7.82. The number of ketones is 1. The van der Waals surface area contributed by atoms with Gasteiger partial charge in [0, 0.05) is 12.0 Å². The van der Waals surface area contributed by atoms with Crippen LogP contribution in [0.25, 0.3) is 0 Å². The van der Waals surface area contributed by atoms with Crippen molar-refractivity contribution < 1.29 is 20.1 Å². The molecule has 0 saturated carbocycles. The highest BCUT2D eigenvalue weighted by Gasteiger charge is 2.20. The summed E-state index contributed by atoms with van der Waals surface area (Å²) in [5.74, 6) is -0.0826. The molecule has 154 valence electrons. The zero-order valence-corrected chi connectivity index (χ0v) is 17.6. The Labute approximate surface area is 172 Å². The maximum absolute atomic E-state index is 12.9. The lowest BCUT2D eigenvalue weighted by molar-refractivity contribution is 0.0980. The third-order valence-corrected chi connectivity index (χ3v) is 4.77. The molecule has 0 aliphatic rings. The molecule has 3 N–H and O–H groups in total. The second kappa shape index (κ2) is 9.97. The summed E-state index contributed by atoms with van der Waals surface area (Å²) in [7, 11) is 0. The van der Waals surface area contributed by atoms with E-state index in [1.807, 2.05) is 39.8 Å². The lowest BCUT2D eigenvalue weighted by Gasteiger charge is -2.14. The Kier molecular flexibility index (Phi) is 7.66. The molecule has 0 aliphatic carbocycles. The van der Waals surface area contributed by atoms with Crippen molar-refractivity contribution in [2.45, 2.75) is 53.4 Å². The molecule has 0 aliphatic heterocycles. The predicted molar refractivity (Wildman–Crippen MR) is 117 cm³/mol. The Bertz CT molecular complexity index is 926. The summed E-state index contributed by atoms with van der Waals surface area (Å²) in [4.78, 5) is 12.9. The van der Waals surface area contributed by atoms with Crippen LogP contribution in [-0.4, -0.2) is 21.1 Å². The molecule has 0 fully saturated rings. The maximum atomic E-state index is 12.9. The molecule has 0 bridgehead atoms. The van der Waals surface area contributed by atoms with E-state index in [0.717, 1.165) is 16.7 Å². The molecule has 2 aromatic rings. The van der Waals surface area contributed by atoms with Crippen molar-refractivity contribution in [2.75, 3.05) is 0 Å². The van der Waals surface area contributed by atoms with Crippen LogP contribution in [0.1, 0.15) is 61.2 Å². The molecule has 0 heterocycles. The van der Waals surface area contributed by atoms with Crippen molar-refractivity contribution in [2.24, 2.45) is 0 Å². The summed E-state index contributed by atoms with van der Waals surface area (Å²) in [6, 6.07) is 8.34. The van der Waals surface area contributed by atoms with Gasteiger partial charge in [-0.2, -0.15) is 0 Å². The molecule has 0 amide bonds. The highest BCUT2D eigenvalue weighted by molar-refractivity contribution is 5.99. The third kappa shape index (κ3) is 6.24. The van der Waals surface area contributed by atoms with Gasteiger partial charge in [-0.3, -0.25) is 4.79 Å². The number of hydrogen-bond donors (Lipinski definition) is 3. The van der Waals surface area contributed by atoms with E-state index in [4.69, 9.17) is 0 Å². The van der Waals surface area contributed by atoms with Crippen LogP contribution >= 0.6 is 0 Å². The molecule has 0 aromatic heterocycles. The largest absolute Gasteiger partial charge is 0.508 e. The highest BCUT2D eigenvalue weighted by Crippen LogP contribution is 2.36. The summed E-state index contributed by atoms with van der Waals surface area (Å²) < 4.78 is 0. The van der Waals surface area contributed by atoms with Crippen molar-refractivity contribution in [3.05, 3.63) is 75.9 Å². The average molecular weight is 395 g/mol. The van der Waals surface area contributed by atoms with E-state index >= 15 is 0 Å². The van der Waals surface area contributed by atoms with Gasteiger partial charge in [0.05, 0.1) is 5.56 Å². The van der Waals surface area contributed by atoms with E-state index in [-0.39, 0.29) is 35.0 Å². The van der Waals surface area contributed by atoms with Crippen molar-refractivity contribution in [3.63, 3.8) is 0 Å². The number of phenols is 3. The first-order valence-electron chi connectivity index (χ1n) is 9.83. The lowest BCUT2D eigenvalue weighted by Crippen LogP contribution is -2.05. The first-order valence-corrected chi connectivity index (χ1v) is 9.83. The van der Waals surface area contributed by atoms with Gasteiger partial charge in [0.15, 0.2) is 5.78 Å². The van der Waals surface area contributed by atoms with Crippen molar-refractivity contribution in [3.8, 4) is 17.2 Å². The Hall–Kier alpha value is -3.01. The molecule has 0 atom stereocenters. The first kappa shape index (κ1) is 22.3. The number of aromatic hydroxyl groups is 3. The van der Waals surface area contributed by atoms with Gasteiger partial charge in [-0.05, 0) is 76.3 Å². The Morgan fingerprint density at radius 2 is 1.45 bits per heavy atom. The molecule has 2 rings (SSSR count). The zero-order valence-electron chi connectivity index (χ0n) is 17.6. The zero-order chi connectivity index (χ0) is 21.6. The maximum Gasteiger partial charge on any atom is 0.166 e. The van der Waals surface area contributed by atoms with E-state index in [1.54, 1.807) is 30.3 Å². The number of carbonyl (C=O) groups is 1. The standard InChI is InChI=1S/C25H30O4/c1-16(2)5-10-19-15-22(25(29)21(24(19)28)13-6-17(3)4)23(27)14-9-18-7-11-20(26)12-8-18/h5-8,11-12,15,26,28-29H,9-10,13-14H2,1-4H3. The van der Waals surface area contributed by atoms with Gasteiger partial charge >= 0.3 is 0 Å². The number of allylic oxidation sites excluding steroid dienone is 4. The number of aryl methyl sites for hydroxylation is 1. The minimum Gasteiger partial charge on any atom is -0.508 e. The van der Waals surface area contributed by atoms with Crippen LogP contribution in [0.2, 0.25) is 0 Å². The summed E-state index contributed by atoms with van der Waals surface area (Å²) in [6.45, 7) is 7.85. The summed E-state index contributed by atoms with van der Waals surface area (Å²) in [6.07, 6.45) is 5.50. The van der Waals surface area contributed by atoms with Gasteiger partial charge < -0.3 is 15.3 Å². The summed E-state index contributed by atoms with van der Waals surface area (Å²) in [5.41, 5.74) is 4.38. The smallest absolute Gasteiger partial charge is 0.166 e. The van der Waals surface area contributed by atoms with Crippen LogP contribution in [0, 0.1) is 0 Å². The fourth-order valence-corrected chi connectivity index (χ4v) is 3.02. The van der Waals surface area contributed by atoms with Crippen LogP contribution in [0.15, 0.2) is 53.6 Å². The van der Waals surface area contributed by atoms with Gasteiger partial charge in [-0.25, -0.2) is 0 Å². The summed E-state index contributed by atoms with van der Waals surface area (Å²) >= 11 is 0. The lowest BCUT2D eigenvalue weighted by atomic mass is 9.93. The van der Waals surface area contributed by atoms with Crippen LogP contribution in [0.4, 0.5) is 0 Å². The molecule has 0 unspecified atom stereocenters. The van der Waals surface area contributed by atoms with Crippen molar-refractivity contribution in [1.82, 2.24) is 0 Å². The van der Waals surface area contributed by atoms with Crippen molar-refractivity contribution in [1.29, 1.82) is 0 Å². The van der Waals surface area contributed by atoms with Crippen LogP contribution < -0.4 is 0 Å². The average Bonchev–Trinajstić information content (AvgIpc) is 2.66. The number of hydrogen-bond acceptors (Lipinski definition) is 4. The quantitative estimate of drug-likeness (QED) is 0.400. The minimum atomic E-state index is -0.174. The van der Waals surface area contributed by atoms with E-state index < -0.39 is 0 Å². The second-order valence-corrected chi connectivity index (χ2v) is 7.82. The molecular weight excluding hydrogens is 364 g/mol. The molecule has 29 heavy (non-hydrogen) atoms. The van der Waals surface area contributed by atoms with Crippen molar-refractivity contribution >= 4 is 5.78 Å². The fourth-order valence-electron chi connectivity index (χ4n) is 3.02. The molecule has 0 spiro atoms. The fraction of sp³-hybridized carbons (Fsp3) is 0.320. The number of benzene rings is 2. The SMILES string of the molecule is CC(C)=CCc1cc(C(=O)CCc2ccc(O)cc2)c(O)c(CC=C(C)C)c1O. The third-order valence-electron chi connectivity index (χ3n) is 4.77. The van der Waals surface area contributed by atoms with Crippen LogP contribution in [-0.2, 0) is 19.3 Å². The van der Waals surface area contributed by atoms with E-state index in [1.165, 1.54) is 0 Å². The number of carbonyl (C=O) groups excluding carboxylic acids is 1. The Balaban J connectivity index is 2.36. The Morgan fingerprint density at radius 3 is 2.03 bits per heavy atom. The van der Waals surface area contributed by atoms with Crippen LogP contribution in [0.3, 0.4) is 0 Å². The van der Waals surface area contributed by atoms with Gasteiger partial charge in [-0.15, -0.1) is 0 Å². The first-order chi connectivity index (χ1) is 13.7. The van der Waals surface area contributed by atoms with Gasteiger partial charge in [-0.1, -0.05) is 35.4 Å². The predicted octanol–water partition coefficient (Wildman–Crippen LogP) is 5.64. The molecule has 4 nitrogen and oxygen atoms in total. The van der Waals surface area contributed by atoms with Gasteiger partial charge in [0.1, 0.15) is 17.2 Å². The van der Waals surface area contributed by atoms with Gasteiger partial charge in [0.2, 0.25) is 0 Å². The normalized spacial score (nSPS) is 10.5. The molecule has 4 heteroatoms. The molecule has 0 radical (unpaired) electrons. The van der Waals surface area contributed by atoms with Crippen LogP contribution in [0.5, 0.6) is 17.2 Å². The topological polar surface area (TPSA) is 77.8 Å². The molecule has 2 aromatic carbocycles. The number of rotatable bonds is 8. The van der Waals surface area contributed by atoms with E-state index in [0.29, 0.717) is 30.4 Å². The number of Topliss-reactive ketones (excluding diaryl/α,β-unsaturated/α-hetero) is 1. The summed E-state index contributed by atoms with van der Waals surface area (Å²) in [5, 5.41) is 30.8.